The van der Waals surface area contributed by atoms with Crippen molar-refractivity contribution in [2.45, 2.75) is 31.3 Å². The molecule has 170 valence electrons. The van der Waals surface area contributed by atoms with Crippen LogP contribution in [-0.2, 0) is 16.7 Å². The second-order valence-electron chi connectivity index (χ2n) is 7.20. The predicted octanol–water partition coefficient (Wildman–Crippen LogP) is 4.58. The molecule has 0 fully saturated rings. The zero-order valence-corrected chi connectivity index (χ0v) is 19.9. The first-order valence-corrected chi connectivity index (χ1v) is 12.1. The minimum atomic E-state index is -4.10. The second-order valence-corrected chi connectivity index (χ2v) is 9.70. The van der Waals surface area contributed by atoms with E-state index in [-0.39, 0.29) is 34.9 Å². The molecule has 3 rings (SSSR count). The molecule has 7 nitrogen and oxygen atoms in total. The highest BCUT2D eigenvalue weighted by atomic mass is 32.2. The van der Waals surface area contributed by atoms with Crippen LogP contribution < -0.4 is 13.7 Å². The molecule has 0 saturated carbocycles. The minimum absolute atomic E-state index is 0.0116. The number of hydrogen-bond donors (Lipinski definition) is 0. The molecule has 0 aliphatic rings. The maximum Gasteiger partial charge on any atom is 0.339 e. The third-order valence-corrected chi connectivity index (χ3v) is 6.85. The average Bonchev–Trinajstić information content (AvgIpc) is 3.32. The van der Waals surface area contributed by atoms with Gasteiger partial charge in [-0.1, -0.05) is 12.1 Å². The van der Waals surface area contributed by atoms with Gasteiger partial charge in [-0.25, -0.2) is 0 Å². The van der Waals surface area contributed by atoms with E-state index in [4.69, 9.17) is 13.7 Å². The molecule has 0 atom stereocenters. The number of nitrogens with zero attached hydrogens (tertiary/aromatic N) is 1. The average molecular weight is 476 g/mol. The number of thiophene rings is 1. The standard InChI is InChI=1S/C23H25NO6S2/c1-16(2)24(23(25)22-6-5-13-31-22)15-17-7-12-20(29-4)21(14-17)30-32(26,27)19-10-8-18(28-3)9-11-19/h5-14,16H,15H2,1-4H3. The number of ether oxygens (including phenoxy) is 2. The third kappa shape index (κ3) is 5.41. The van der Waals surface area contributed by atoms with E-state index < -0.39 is 10.1 Å². The minimum Gasteiger partial charge on any atom is -0.497 e. The molecule has 1 aromatic heterocycles. The van der Waals surface area contributed by atoms with Gasteiger partial charge in [-0.15, -0.1) is 11.3 Å². The fraction of sp³-hybridized carbons (Fsp3) is 0.261. The summed E-state index contributed by atoms with van der Waals surface area (Å²) >= 11 is 1.38. The fourth-order valence-corrected chi connectivity index (χ4v) is 4.63. The van der Waals surface area contributed by atoms with Gasteiger partial charge in [0, 0.05) is 12.6 Å². The Balaban J connectivity index is 1.88. The van der Waals surface area contributed by atoms with Gasteiger partial charge in [0.25, 0.3) is 5.91 Å². The quantitative estimate of drug-likeness (QED) is 0.421. The molecule has 0 spiro atoms. The van der Waals surface area contributed by atoms with Crippen molar-refractivity contribution in [2.75, 3.05) is 14.2 Å². The highest BCUT2D eigenvalue weighted by Gasteiger charge is 2.23. The van der Waals surface area contributed by atoms with E-state index in [1.165, 1.54) is 37.7 Å². The van der Waals surface area contributed by atoms with Gasteiger partial charge >= 0.3 is 10.1 Å². The van der Waals surface area contributed by atoms with Crippen LogP contribution in [0.25, 0.3) is 0 Å². The van der Waals surface area contributed by atoms with Crippen molar-refractivity contribution in [3.8, 4) is 17.2 Å². The number of carbonyl (C=O) groups excluding carboxylic acids is 1. The molecule has 0 aliphatic carbocycles. The van der Waals surface area contributed by atoms with Gasteiger partial charge in [0.15, 0.2) is 11.5 Å². The van der Waals surface area contributed by atoms with E-state index in [0.29, 0.717) is 16.2 Å². The number of rotatable bonds is 9. The van der Waals surface area contributed by atoms with E-state index in [2.05, 4.69) is 0 Å². The molecule has 0 saturated heterocycles. The molecule has 1 heterocycles. The summed E-state index contributed by atoms with van der Waals surface area (Å²) in [7, 11) is -1.17. The van der Waals surface area contributed by atoms with Crippen LogP contribution in [-0.4, -0.2) is 39.5 Å². The van der Waals surface area contributed by atoms with E-state index in [0.717, 1.165) is 0 Å². The van der Waals surface area contributed by atoms with Gasteiger partial charge in [0.2, 0.25) is 0 Å². The molecule has 0 aliphatic heterocycles. The summed E-state index contributed by atoms with van der Waals surface area (Å²) in [5.74, 6) is 0.770. The fourth-order valence-electron chi connectivity index (χ4n) is 3.02. The summed E-state index contributed by atoms with van der Waals surface area (Å²) in [6.45, 7) is 4.15. The van der Waals surface area contributed by atoms with Crippen LogP contribution in [0.1, 0.15) is 29.1 Å². The highest BCUT2D eigenvalue weighted by Crippen LogP contribution is 2.32. The van der Waals surface area contributed by atoms with E-state index in [9.17, 15) is 13.2 Å². The Labute approximate surface area is 192 Å². The molecular formula is C23H25NO6S2. The van der Waals surface area contributed by atoms with Crippen molar-refractivity contribution < 1.29 is 26.9 Å². The van der Waals surface area contributed by atoms with Gasteiger partial charge in [-0.05, 0) is 67.3 Å². The molecule has 3 aromatic rings. The Morgan fingerprint density at radius 2 is 1.72 bits per heavy atom. The first-order valence-electron chi connectivity index (χ1n) is 9.85. The first kappa shape index (κ1) is 23.6. The van der Waals surface area contributed by atoms with Gasteiger partial charge in [0.1, 0.15) is 10.6 Å². The van der Waals surface area contributed by atoms with Crippen LogP contribution in [0.15, 0.2) is 64.9 Å². The molecular weight excluding hydrogens is 450 g/mol. The van der Waals surface area contributed by atoms with Gasteiger partial charge in [-0.3, -0.25) is 4.79 Å². The zero-order chi connectivity index (χ0) is 23.3. The third-order valence-electron chi connectivity index (χ3n) is 4.74. The smallest absolute Gasteiger partial charge is 0.339 e. The Morgan fingerprint density at radius 3 is 2.28 bits per heavy atom. The maximum absolute atomic E-state index is 12.9. The van der Waals surface area contributed by atoms with Crippen molar-refractivity contribution >= 4 is 27.4 Å². The molecule has 9 heteroatoms. The predicted molar refractivity (Wildman–Crippen MR) is 123 cm³/mol. The van der Waals surface area contributed by atoms with Crippen LogP contribution in [0.5, 0.6) is 17.2 Å². The Kier molecular flexibility index (Phi) is 7.42. The molecule has 32 heavy (non-hydrogen) atoms. The summed E-state index contributed by atoms with van der Waals surface area (Å²) in [6, 6.07) is 14.4. The largest absolute Gasteiger partial charge is 0.497 e. The van der Waals surface area contributed by atoms with Crippen molar-refractivity contribution in [3.05, 3.63) is 70.4 Å². The van der Waals surface area contributed by atoms with Crippen LogP contribution in [0, 0.1) is 0 Å². The Bertz CT molecular complexity index is 1160. The van der Waals surface area contributed by atoms with Crippen molar-refractivity contribution in [1.29, 1.82) is 0 Å². The Morgan fingerprint density at radius 1 is 1.00 bits per heavy atom. The van der Waals surface area contributed by atoms with Crippen LogP contribution in [0.3, 0.4) is 0 Å². The zero-order valence-electron chi connectivity index (χ0n) is 18.3. The van der Waals surface area contributed by atoms with Crippen molar-refractivity contribution in [2.24, 2.45) is 0 Å². The second kappa shape index (κ2) is 10.1. The number of carbonyl (C=O) groups is 1. The topological polar surface area (TPSA) is 82.1 Å². The van der Waals surface area contributed by atoms with Gasteiger partial charge < -0.3 is 18.6 Å². The molecule has 0 radical (unpaired) electrons. The monoisotopic (exact) mass is 475 g/mol. The number of methoxy groups -OCH3 is 2. The number of benzene rings is 2. The molecule has 0 bridgehead atoms. The van der Waals surface area contributed by atoms with E-state index in [1.807, 2.05) is 25.3 Å². The van der Waals surface area contributed by atoms with Gasteiger partial charge in [0.05, 0.1) is 19.1 Å². The summed E-state index contributed by atoms with van der Waals surface area (Å²) in [4.78, 5) is 15.3. The molecule has 0 N–H and O–H groups in total. The van der Waals surface area contributed by atoms with Gasteiger partial charge in [-0.2, -0.15) is 8.42 Å². The molecule has 0 unspecified atom stereocenters. The summed E-state index contributed by atoms with van der Waals surface area (Å²) in [6.07, 6.45) is 0. The molecule has 1 amide bonds. The maximum atomic E-state index is 12.9. The lowest BCUT2D eigenvalue weighted by Gasteiger charge is -2.26. The van der Waals surface area contributed by atoms with E-state index >= 15 is 0 Å². The lowest BCUT2D eigenvalue weighted by Crippen LogP contribution is -2.36. The number of amides is 1. The van der Waals surface area contributed by atoms with Crippen molar-refractivity contribution in [1.82, 2.24) is 4.90 Å². The lowest BCUT2D eigenvalue weighted by molar-refractivity contribution is 0.0695. The summed E-state index contributed by atoms with van der Waals surface area (Å²) in [5.41, 5.74) is 0.712. The highest BCUT2D eigenvalue weighted by molar-refractivity contribution is 7.87. The lowest BCUT2D eigenvalue weighted by atomic mass is 10.1. The summed E-state index contributed by atoms with van der Waals surface area (Å²) in [5, 5.41) is 1.86. The van der Waals surface area contributed by atoms with Crippen LogP contribution in [0.2, 0.25) is 0 Å². The summed E-state index contributed by atoms with van der Waals surface area (Å²) < 4.78 is 41.3. The first-order chi connectivity index (χ1) is 15.2. The van der Waals surface area contributed by atoms with Crippen LogP contribution >= 0.6 is 11.3 Å². The van der Waals surface area contributed by atoms with Crippen molar-refractivity contribution in [3.63, 3.8) is 0 Å². The van der Waals surface area contributed by atoms with Crippen LogP contribution in [0.4, 0.5) is 0 Å². The SMILES string of the molecule is COc1ccc(S(=O)(=O)Oc2cc(CN(C(=O)c3cccs3)C(C)C)ccc2OC)cc1. The van der Waals surface area contributed by atoms with E-state index in [1.54, 1.807) is 41.3 Å². The normalized spacial score (nSPS) is 11.3. The Hall–Kier alpha value is -3.04. The molecule has 2 aromatic carbocycles. The number of hydrogen-bond acceptors (Lipinski definition) is 7.